The number of likely N-dealkylation sites (tertiary alicyclic amines) is 1. The number of ether oxygens (including phenoxy) is 2. The molecule has 0 aliphatic carbocycles. The molecular formula is C24H30N2O5. The Morgan fingerprint density at radius 1 is 1.10 bits per heavy atom. The van der Waals surface area contributed by atoms with Crippen molar-refractivity contribution in [1.82, 2.24) is 9.88 Å². The van der Waals surface area contributed by atoms with Gasteiger partial charge in [0.2, 0.25) is 0 Å². The Morgan fingerprint density at radius 3 is 2.32 bits per heavy atom. The molecule has 1 aromatic carbocycles. The molecule has 1 amide bonds. The van der Waals surface area contributed by atoms with Gasteiger partial charge in [-0.3, -0.25) is 9.78 Å². The third kappa shape index (κ3) is 6.98. The first kappa shape index (κ1) is 22.6. The van der Waals surface area contributed by atoms with Gasteiger partial charge in [-0.1, -0.05) is 24.3 Å². The highest BCUT2D eigenvalue weighted by atomic mass is 16.6. The van der Waals surface area contributed by atoms with E-state index in [0.717, 1.165) is 29.7 Å². The van der Waals surface area contributed by atoms with Crippen LogP contribution >= 0.6 is 0 Å². The molecular weight excluding hydrogens is 396 g/mol. The van der Waals surface area contributed by atoms with Crippen LogP contribution < -0.4 is 4.74 Å². The molecule has 0 saturated carbocycles. The number of carbonyl (C=O) groups is 2. The Kier molecular flexibility index (Phi) is 7.15. The highest BCUT2D eigenvalue weighted by Crippen LogP contribution is 2.23. The molecule has 166 valence electrons. The van der Waals surface area contributed by atoms with Crippen LogP contribution in [0.25, 0.3) is 11.3 Å². The first-order valence-corrected chi connectivity index (χ1v) is 10.6. The summed E-state index contributed by atoms with van der Waals surface area (Å²) in [6, 6.07) is 11.1. The summed E-state index contributed by atoms with van der Waals surface area (Å²) in [4.78, 5) is 29.2. The van der Waals surface area contributed by atoms with Crippen molar-refractivity contribution in [3.05, 3.63) is 48.2 Å². The molecule has 0 radical (unpaired) electrons. The van der Waals surface area contributed by atoms with Gasteiger partial charge in [-0.25, -0.2) is 4.79 Å². The number of rotatable bonds is 6. The fourth-order valence-electron chi connectivity index (χ4n) is 3.43. The standard InChI is InChI=1S/C24H30N2O5/c1-24(2,3)31-23(29)26-12-10-18(11-13-26)16-30-20-8-9-21(25-15-20)19-6-4-17(5-7-19)14-22(27)28/h4-9,15,18H,10-14,16H2,1-3H3,(H,27,28). The van der Waals surface area contributed by atoms with Crippen LogP contribution in [-0.4, -0.2) is 52.4 Å². The van der Waals surface area contributed by atoms with E-state index >= 15 is 0 Å². The second-order valence-corrected chi connectivity index (χ2v) is 8.87. The van der Waals surface area contributed by atoms with Gasteiger partial charge in [0.15, 0.2) is 0 Å². The zero-order chi connectivity index (χ0) is 22.4. The van der Waals surface area contributed by atoms with Crippen molar-refractivity contribution in [2.75, 3.05) is 19.7 Å². The third-order valence-electron chi connectivity index (χ3n) is 5.09. The van der Waals surface area contributed by atoms with Crippen LogP contribution in [0.5, 0.6) is 5.75 Å². The lowest BCUT2D eigenvalue weighted by Crippen LogP contribution is -2.42. The lowest BCUT2D eigenvalue weighted by atomic mass is 9.98. The normalized spacial score (nSPS) is 14.9. The summed E-state index contributed by atoms with van der Waals surface area (Å²) in [6.07, 6.45) is 3.23. The Labute approximate surface area is 183 Å². The molecule has 7 heteroatoms. The van der Waals surface area contributed by atoms with Crippen molar-refractivity contribution in [1.29, 1.82) is 0 Å². The first-order valence-electron chi connectivity index (χ1n) is 10.6. The minimum Gasteiger partial charge on any atom is -0.492 e. The maximum absolute atomic E-state index is 12.2. The molecule has 31 heavy (non-hydrogen) atoms. The van der Waals surface area contributed by atoms with Gasteiger partial charge in [0.25, 0.3) is 0 Å². The molecule has 1 aliphatic rings. The molecule has 1 saturated heterocycles. The number of carboxylic acids is 1. The van der Waals surface area contributed by atoms with E-state index in [4.69, 9.17) is 14.6 Å². The van der Waals surface area contributed by atoms with Crippen molar-refractivity contribution in [3.8, 4) is 17.0 Å². The second kappa shape index (κ2) is 9.81. The molecule has 7 nitrogen and oxygen atoms in total. The zero-order valence-electron chi connectivity index (χ0n) is 18.3. The van der Waals surface area contributed by atoms with E-state index in [-0.39, 0.29) is 12.5 Å². The van der Waals surface area contributed by atoms with E-state index in [1.807, 2.05) is 45.0 Å². The number of hydrogen-bond donors (Lipinski definition) is 1. The van der Waals surface area contributed by atoms with Crippen LogP contribution in [0, 0.1) is 5.92 Å². The molecule has 2 aromatic rings. The van der Waals surface area contributed by atoms with Crippen molar-refractivity contribution in [2.45, 2.75) is 45.6 Å². The Bertz CT molecular complexity index is 880. The topological polar surface area (TPSA) is 89.0 Å². The van der Waals surface area contributed by atoms with E-state index in [1.54, 1.807) is 23.2 Å². The van der Waals surface area contributed by atoms with Gasteiger partial charge >= 0.3 is 12.1 Å². The summed E-state index contributed by atoms with van der Waals surface area (Å²) in [6.45, 7) is 7.57. The van der Waals surface area contributed by atoms with Crippen molar-refractivity contribution in [2.24, 2.45) is 5.92 Å². The molecule has 0 atom stereocenters. The third-order valence-corrected chi connectivity index (χ3v) is 5.09. The van der Waals surface area contributed by atoms with E-state index in [2.05, 4.69) is 4.98 Å². The summed E-state index contributed by atoms with van der Waals surface area (Å²) < 4.78 is 11.3. The molecule has 0 unspecified atom stereocenters. The molecule has 1 fully saturated rings. The average Bonchev–Trinajstić information content (AvgIpc) is 2.72. The Balaban J connectivity index is 1.46. The fraction of sp³-hybridized carbons (Fsp3) is 0.458. The molecule has 2 heterocycles. The van der Waals surface area contributed by atoms with Crippen molar-refractivity contribution >= 4 is 12.1 Å². The van der Waals surface area contributed by atoms with E-state index < -0.39 is 11.6 Å². The maximum Gasteiger partial charge on any atom is 0.410 e. The molecule has 1 aliphatic heterocycles. The van der Waals surface area contributed by atoms with Gasteiger partial charge in [-0.15, -0.1) is 0 Å². The monoisotopic (exact) mass is 426 g/mol. The lowest BCUT2D eigenvalue weighted by Gasteiger charge is -2.33. The van der Waals surface area contributed by atoms with Crippen molar-refractivity contribution in [3.63, 3.8) is 0 Å². The number of carbonyl (C=O) groups excluding carboxylic acids is 1. The highest BCUT2D eigenvalue weighted by Gasteiger charge is 2.27. The van der Waals surface area contributed by atoms with Gasteiger partial charge in [-0.2, -0.15) is 0 Å². The minimum atomic E-state index is -0.845. The molecule has 3 rings (SSSR count). The first-order chi connectivity index (χ1) is 14.7. The number of aliphatic carboxylic acids is 1. The van der Waals surface area contributed by atoms with E-state index in [1.165, 1.54) is 0 Å². The predicted molar refractivity (Wildman–Crippen MR) is 117 cm³/mol. The summed E-state index contributed by atoms with van der Waals surface area (Å²) in [7, 11) is 0. The van der Waals surface area contributed by atoms with Crippen LogP contribution in [0.2, 0.25) is 0 Å². The molecule has 0 bridgehead atoms. The largest absolute Gasteiger partial charge is 0.492 e. The number of carboxylic acid groups (broad SMARTS) is 1. The summed E-state index contributed by atoms with van der Waals surface area (Å²) in [5, 5.41) is 8.86. The van der Waals surface area contributed by atoms with Gasteiger partial charge in [0.1, 0.15) is 11.4 Å². The van der Waals surface area contributed by atoms with Gasteiger partial charge < -0.3 is 19.5 Å². The van der Waals surface area contributed by atoms with Crippen LogP contribution in [-0.2, 0) is 16.0 Å². The summed E-state index contributed by atoms with van der Waals surface area (Å²) >= 11 is 0. The van der Waals surface area contributed by atoms with Crippen LogP contribution in [0.15, 0.2) is 42.6 Å². The van der Waals surface area contributed by atoms with E-state index in [0.29, 0.717) is 31.4 Å². The number of pyridine rings is 1. The second-order valence-electron chi connectivity index (χ2n) is 8.87. The number of aromatic nitrogens is 1. The van der Waals surface area contributed by atoms with Crippen LogP contribution in [0.4, 0.5) is 4.79 Å². The Morgan fingerprint density at radius 2 is 1.77 bits per heavy atom. The number of piperidine rings is 1. The molecule has 1 aromatic heterocycles. The maximum atomic E-state index is 12.2. The summed E-state index contributed by atoms with van der Waals surface area (Å²) in [5.74, 6) is 0.254. The molecule has 1 N–H and O–H groups in total. The average molecular weight is 427 g/mol. The minimum absolute atomic E-state index is 0.0111. The number of hydrogen-bond acceptors (Lipinski definition) is 5. The van der Waals surface area contributed by atoms with E-state index in [9.17, 15) is 9.59 Å². The fourth-order valence-corrected chi connectivity index (χ4v) is 3.43. The Hall–Kier alpha value is -3.09. The lowest BCUT2D eigenvalue weighted by molar-refractivity contribution is -0.136. The number of nitrogens with zero attached hydrogens (tertiary/aromatic N) is 2. The van der Waals surface area contributed by atoms with Crippen LogP contribution in [0.1, 0.15) is 39.2 Å². The SMILES string of the molecule is CC(C)(C)OC(=O)N1CCC(COc2ccc(-c3ccc(CC(=O)O)cc3)nc2)CC1. The molecule has 0 spiro atoms. The number of benzene rings is 1. The zero-order valence-corrected chi connectivity index (χ0v) is 18.3. The van der Waals surface area contributed by atoms with Gasteiger partial charge in [0.05, 0.1) is 24.9 Å². The number of amides is 1. The van der Waals surface area contributed by atoms with Crippen LogP contribution in [0.3, 0.4) is 0 Å². The van der Waals surface area contributed by atoms with Gasteiger partial charge in [0, 0.05) is 18.7 Å². The highest BCUT2D eigenvalue weighted by molar-refractivity contribution is 5.71. The van der Waals surface area contributed by atoms with Gasteiger partial charge in [-0.05, 0) is 57.2 Å². The predicted octanol–water partition coefficient (Wildman–Crippen LogP) is 4.40. The smallest absolute Gasteiger partial charge is 0.410 e. The van der Waals surface area contributed by atoms with Crippen molar-refractivity contribution < 1.29 is 24.2 Å². The quantitative estimate of drug-likeness (QED) is 0.736. The summed E-state index contributed by atoms with van der Waals surface area (Å²) in [5.41, 5.74) is 2.01.